The molecule has 3 aliphatic rings. The van der Waals surface area contributed by atoms with Crippen LogP contribution in [0.25, 0.3) is 11.1 Å². The first kappa shape index (κ1) is 19.9. The van der Waals surface area contributed by atoms with Crippen LogP contribution in [0.4, 0.5) is 13.2 Å². The highest BCUT2D eigenvalue weighted by atomic mass is 19.1. The van der Waals surface area contributed by atoms with Crippen LogP contribution in [0.1, 0.15) is 25.8 Å². The average Bonchev–Trinajstić information content (AvgIpc) is 2.74. The lowest BCUT2D eigenvalue weighted by molar-refractivity contribution is -0.480. The molecule has 0 saturated carbocycles. The van der Waals surface area contributed by atoms with E-state index in [2.05, 4.69) is 6.92 Å². The number of ether oxygens (including phenoxy) is 4. The van der Waals surface area contributed by atoms with E-state index < -0.39 is 29.2 Å². The van der Waals surface area contributed by atoms with Crippen LogP contribution in [0.3, 0.4) is 0 Å². The Balaban J connectivity index is 1.57. The monoisotopic (exact) mass is 406 g/mol. The Hall–Kier alpha value is -2.35. The lowest BCUT2D eigenvalue weighted by Gasteiger charge is -2.51. The molecule has 0 spiro atoms. The molecular weight excluding hydrogens is 385 g/mol. The normalized spacial score (nSPS) is 26.6. The summed E-state index contributed by atoms with van der Waals surface area (Å²) in [6, 6.07) is 9.17. The van der Waals surface area contributed by atoms with Crippen molar-refractivity contribution in [1.82, 2.24) is 0 Å². The molecule has 154 valence electrons. The molecule has 3 heterocycles. The summed E-state index contributed by atoms with van der Waals surface area (Å²) in [5, 5.41) is 0. The number of benzene rings is 2. The minimum absolute atomic E-state index is 0.101. The summed E-state index contributed by atoms with van der Waals surface area (Å²) in [4.78, 5) is 0. The molecule has 0 radical (unpaired) electrons. The molecule has 3 saturated heterocycles. The lowest BCUT2D eigenvalue weighted by Crippen LogP contribution is -2.58. The molecule has 2 bridgehead atoms. The van der Waals surface area contributed by atoms with Gasteiger partial charge in [0, 0.05) is 11.0 Å². The van der Waals surface area contributed by atoms with Crippen LogP contribution in [-0.4, -0.2) is 19.8 Å². The Bertz CT molecular complexity index is 888. The molecule has 0 amide bonds. The van der Waals surface area contributed by atoms with Gasteiger partial charge in [0.25, 0.3) is 0 Å². The number of rotatable bonds is 5. The molecule has 0 atom stereocenters. The van der Waals surface area contributed by atoms with Gasteiger partial charge in [0.1, 0.15) is 12.1 Å². The van der Waals surface area contributed by atoms with Gasteiger partial charge in [-0.3, -0.25) is 0 Å². The van der Waals surface area contributed by atoms with E-state index in [0.29, 0.717) is 42.8 Å². The fraction of sp³-hybridized carbons (Fsp3) is 0.364. The van der Waals surface area contributed by atoms with E-state index in [-0.39, 0.29) is 5.41 Å². The smallest absolute Gasteiger partial charge is 0.312 e. The fourth-order valence-corrected chi connectivity index (χ4v) is 3.40. The quantitative estimate of drug-likeness (QED) is 0.621. The van der Waals surface area contributed by atoms with Gasteiger partial charge in [-0.25, -0.2) is 13.2 Å². The van der Waals surface area contributed by atoms with Gasteiger partial charge in [-0.05, 0) is 36.6 Å². The van der Waals surface area contributed by atoms with E-state index in [1.165, 1.54) is 0 Å². The zero-order chi connectivity index (χ0) is 20.6. The van der Waals surface area contributed by atoms with Gasteiger partial charge in [-0.15, -0.1) is 0 Å². The molecule has 5 rings (SSSR count). The summed E-state index contributed by atoms with van der Waals surface area (Å²) in [5.41, 5.74) is 1.48. The van der Waals surface area contributed by atoms with Gasteiger partial charge in [-0.2, -0.15) is 0 Å². The molecular formula is C22H21F3O4. The summed E-state index contributed by atoms with van der Waals surface area (Å²) >= 11 is 0. The summed E-state index contributed by atoms with van der Waals surface area (Å²) in [7, 11) is 0. The largest absolute Gasteiger partial charge is 0.456 e. The van der Waals surface area contributed by atoms with Crippen molar-refractivity contribution in [2.24, 2.45) is 5.41 Å². The first-order valence-corrected chi connectivity index (χ1v) is 9.37. The minimum atomic E-state index is -1.24. The molecule has 3 fully saturated rings. The third-order valence-corrected chi connectivity index (χ3v) is 5.36. The molecule has 29 heavy (non-hydrogen) atoms. The van der Waals surface area contributed by atoms with E-state index >= 15 is 0 Å². The number of hydrogen-bond acceptors (Lipinski definition) is 4. The molecule has 3 aliphatic heterocycles. The number of fused-ring (bicyclic) bond motifs is 3. The number of allylic oxidation sites excluding steroid dienone is 1. The maximum atomic E-state index is 14.2. The molecule has 2 aromatic rings. The van der Waals surface area contributed by atoms with Crippen molar-refractivity contribution < 1.29 is 32.1 Å². The topological polar surface area (TPSA) is 36.9 Å². The van der Waals surface area contributed by atoms with Crippen molar-refractivity contribution in [1.29, 1.82) is 0 Å². The van der Waals surface area contributed by atoms with Crippen molar-refractivity contribution in [3.63, 3.8) is 0 Å². The summed E-state index contributed by atoms with van der Waals surface area (Å²) < 4.78 is 63.6. The van der Waals surface area contributed by atoms with E-state index in [0.717, 1.165) is 25.5 Å². The summed E-state index contributed by atoms with van der Waals surface area (Å²) in [5.74, 6) is -4.44. The van der Waals surface area contributed by atoms with Crippen LogP contribution in [0.2, 0.25) is 0 Å². The average molecular weight is 406 g/mol. The zero-order valence-electron chi connectivity index (χ0n) is 16.1. The van der Waals surface area contributed by atoms with Crippen molar-refractivity contribution in [3.05, 3.63) is 65.7 Å². The number of halogens is 3. The highest BCUT2D eigenvalue weighted by Gasteiger charge is 2.52. The summed E-state index contributed by atoms with van der Waals surface area (Å²) in [6.07, 6.45) is 1.55. The van der Waals surface area contributed by atoms with Crippen LogP contribution < -0.4 is 4.74 Å². The molecule has 0 N–H and O–H groups in total. The molecule has 4 nitrogen and oxygen atoms in total. The van der Waals surface area contributed by atoms with Crippen LogP contribution in [0.15, 0.2) is 48.5 Å². The SMILES string of the molecule is CCC12COC(c3ccc(-c4cc(F)c(O/C=C(/C)F)c(F)c4)cc3)(OC1)OC2. The van der Waals surface area contributed by atoms with E-state index in [4.69, 9.17) is 18.9 Å². The highest BCUT2D eigenvalue weighted by Crippen LogP contribution is 2.45. The minimum Gasteiger partial charge on any atom is -0.456 e. The van der Waals surface area contributed by atoms with Crippen molar-refractivity contribution >= 4 is 0 Å². The van der Waals surface area contributed by atoms with Crippen LogP contribution in [0, 0.1) is 17.0 Å². The standard InChI is InChI=1S/C22H21F3O4/c1-3-21-11-27-22(28-12-21,29-13-21)17-6-4-15(5-7-17)16-8-18(24)20(19(25)9-16)26-10-14(2)23/h4-10H,3,11-13H2,1-2H3/b14-10-. The zero-order valence-corrected chi connectivity index (χ0v) is 16.1. The fourth-order valence-electron chi connectivity index (χ4n) is 3.40. The van der Waals surface area contributed by atoms with Gasteiger partial charge in [0.15, 0.2) is 17.4 Å². The van der Waals surface area contributed by atoms with E-state index in [9.17, 15) is 13.2 Å². The Morgan fingerprint density at radius 1 is 1.00 bits per heavy atom. The Morgan fingerprint density at radius 2 is 1.55 bits per heavy atom. The third-order valence-electron chi connectivity index (χ3n) is 5.36. The van der Waals surface area contributed by atoms with Gasteiger partial charge in [-0.1, -0.05) is 31.2 Å². The van der Waals surface area contributed by atoms with Crippen LogP contribution >= 0.6 is 0 Å². The Morgan fingerprint density at radius 3 is 2.03 bits per heavy atom. The molecule has 7 heteroatoms. The highest BCUT2D eigenvalue weighted by molar-refractivity contribution is 5.65. The van der Waals surface area contributed by atoms with Crippen molar-refractivity contribution in [2.45, 2.75) is 26.2 Å². The third kappa shape index (κ3) is 3.66. The first-order valence-electron chi connectivity index (χ1n) is 9.37. The van der Waals surface area contributed by atoms with Crippen LogP contribution in [0.5, 0.6) is 5.75 Å². The second-order valence-corrected chi connectivity index (χ2v) is 7.44. The van der Waals surface area contributed by atoms with Gasteiger partial charge in [0.2, 0.25) is 0 Å². The van der Waals surface area contributed by atoms with Gasteiger partial charge >= 0.3 is 5.97 Å². The van der Waals surface area contributed by atoms with Crippen LogP contribution in [-0.2, 0) is 20.2 Å². The summed E-state index contributed by atoms with van der Waals surface area (Å²) in [6.45, 7) is 4.85. The second-order valence-electron chi connectivity index (χ2n) is 7.44. The van der Waals surface area contributed by atoms with Crippen molar-refractivity contribution in [3.8, 4) is 16.9 Å². The first-order chi connectivity index (χ1) is 13.9. The molecule has 0 aromatic heterocycles. The Labute approximate surface area is 166 Å². The number of hydrogen-bond donors (Lipinski definition) is 0. The van der Waals surface area contributed by atoms with Gasteiger partial charge in [0.05, 0.1) is 19.8 Å². The predicted octanol–water partition coefficient (Wildman–Crippen LogP) is 5.43. The Kier molecular flexibility index (Phi) is 5.14. The molecule has 0 aliphatic carbocycles. The van der Waals surface area contributed by atoms with E-state index in [1.807, 2.05) is 0 Å². The predicted molar refractivity (Wildman–Crippen MR) is 99.5 cm³/mol. The second kappa shape index (κ2) is 7.48. The van der Waals surface area contributed by atoms with Gasteiger partial charge < -0.3 is 18.9 Å². The maximum Gasteiger partial charge on any atom is 0.312 e. The van der Waals surface area contributed by atoms with E-state index in [1.54, 1.807) is 24.3 Å². The lowest BCUT2D eigenvalue weighted by atomic mass is 9.85. The molecule has 0 unspecified atom stereocenters. The molecule has 2 aromatic carbocycles. The van der Waals surface area contributed by atoms with Crippen molar-refractivity contribution in [2.75, 3.05) is 19.8 Å². The maximum absolute atomic E-state index is 14.2.